The Morgan fingerprint density at radius 2 is 2.25 bits per heavy atom. The summed E-state index contributed by atoms with van der Waals surface area (Å²) in [6.07, 6.45) is 2.26. The minimum Gasteiger partial charge on any atom is -0.443 e. The van der Waals surface area contributed by atoms with Gasteiger partial charge in [-0.2, -0.15) is 0 Å². The van der Waals surface area contributed by atoms with Crippen LogP contribution in [0.3, 0.4) is 0 Å². The molecule has 3 aliphatic rings. The van der Waals surface area contributed by atoms with E-state index in [2.05, 4.69) is 5.32 Å². The van der Waals surface area contributed by atoms with Crippen molar-refractivity contribution in [3.05, 3.63) is 0 Å². The topological polar surface area (TPSA) is 56.8 Å². The molecule has 0 aromatic rings. The molecule has 5 nitrogen and oxygen atoms in total. The first kappa shape index (κ1) is 10.5. The number of cyclic esters (lactones) is 1. The molecule has 3 saturated heterocycles. The smallest absolute Gasteiger partial charge is 0.313 e. The number of fused-ring (bicyclic) bond motifs is 5. The van der Waals surface area contributed by atoms with Crippen LogP contribution in [-0.4, -0.2) is 37.7 Å². The Morgan fingerprint density at radius 3 is 3.00 bits per heavy atom. The molecule has 3 unspecified atom stereocenters. The maximum atomic E-state index is 11.8. The summed E-state index contributed by atoms with van der Waals surface area (Å²) in [5, 5.41) is 3.15. The minimum atomic E-state index is -0.627. The molecule has 0 amide bonds. The highest BCUT2D eigenvalue weighted by Gasteiger charge is 2.65. The first-order valence-electron chi connectivity index (χ1n) is 5.78. The molecule has 3 rings (SSSR count). The van der Waals surface area contributed by atoms with Gasteiger partial charge in [-0.15, -0.1) is 0 Å². The molecule has 1 N–H and O–H groups in total. The molecule has 2 bridgehead atoms. The molecule has 3 fully saturated rings. The number of hydrogen-bond acceptors (Lipinski definition) is 5. The maximum Gasteiger partial charge on any atom is 0.313 e. The summed E-state index contributed by atoms with van der Waals surface area (Å²) in [4.78, 5) is 11.8. The Balaban J connectivity index is 1.84. The van der Waals surface area contributed by atoms with Crippen LogP contribution in [0.25, 0.3) is 0 Å². The van der Waals surface area contributed by atoms with E-state index in [0.29, 0.717) is 6.73 Å². The van der Waals surface area contributed by atoms with Gasteiger partial charge in [0.05, 0.1) is 30.8 Å². The Labute approximate surface area is 94.4 Å². The maximum absolute atomic E-state index is 11.8. The molecular weight excluding hydrogens is 210 g/mol. The molecule has 0 saturated carbocycles. The minimum absolute atomic E-state index is 0.0758. The lowest BCUT2D eigenvalue weighted by Crippen LogP contribution is -2.51. The first-order valence-corrected chi connectivity index (χ1v) is 5.78. The normalized spacial score (nSPS) is 49.5. The zero-order chi connectivity index (χ0) is 11.3. The Kier molecular flexibility index (Phi) is 2.24. The molecule has 90 valence electrons. The average Bonchev–Trinajstić information content (AvgIpc) is 2.90. The predicted octanol–water partition coefficient (Wildman–Crippen LogP) is 0.246. The quantitative estimate of drug-likeness (QED) is 0.553. The van der Waals surface area contributed by atoms with Gasteiger partial charge in [-0.1, -0.05) is 0 Å². The lowest BCUT2D eigenvalue weighted by atomic mass is 9.76. The number of nitrogens with one attached hydrogen (secondary N) is 1. The number of ether oxygens (including phenoxy) is 3. The zero-order valence-electron chi connectivity index (χ0n) is 9.56. The number of hydrogen-bond donors (Lipinski definition) is 1. The van der Waals surface area contributed by atoms with Crippen molar-refractivity contribution in [3.63, 3.8) is 0 Å². The number of carbonyl (C=O) groups excluding carboxylic acids is 1. The van der Waals surface area contributed by atoms with Crippen LogP contribution < -0.4 is 5.32 Å². The van der Waals surface area contributed by atoms with Crippen molar-refractivity contribution in [2.75, 3.05) is 13.8 Å². The van der Waals surface area contributed by atoms with Gasteiger partial charge in [0, 0.05) is 7.11 Å². The summed E-state index contributed by atoms with van der Waals surface area (Å²) in [6, 6.07) is 0. The van der Waals surface area contributed by atoms with Gasteiger partial charge in [0.1, 0.15) is 0 Å². The summed E-state index contributed by atoms with van der Waals surface area (Å²) in [7, 11) is 1.61. The summed E-state index contributed by atoms with van der Waals surface area (Å²) in [6.45, 7) is 2.29. The van der Waals surface area contributed by atoms with Crippen LogP contribution in [0.4, 0.5) is 0 Å². The highest BCUT2D eigenvalue weighted by atomic mass is 16.6. The summed E-state index contributed by atoms with van der Waals surface area (Å²) in [5.74, 6) is -0.0645. The van der Waals surface area contributed by atoms with Crippen LogP contribution in [-0.2, 0) is 19.0 Å². The van der Waals surface area contributed by atoms with Gasteiger partial charge in [-0.25, -0.2) is 0 Å². The molecule has 0 radical (unpaired) electrons. The number of methoxy groups -OCH3 is 1. The van der Waals surface area contributed by atoms with Crippen molar-refractivity contribution in [1.82, 2.24) is 5.32 Å². The molecule has 0 spiro atoms. The molecule has 3 heterocycles. The third-order valence-electron chi connectivity index (χ3n) is 4.06. The van der Waals surface area contributed by atoms with Gasteiger partial charge in [0.2, 0.25) is 0 Å². The fourth-order valence-corrected chi connectivity index (χ4v) is 3.39. The van der Waals surface area contributed by atoms with Crippen LogP contribution in [0, 0.1) is 11.8 Å². The van der Waals surface area contributed by atoms with Crippen molar-refractivity contribution in [2.45, 2.75) is 37.7 Å². The second-order valence-corrected chi connectivity index (χ2v) is 4.98. The van der Waals surface area contributed by atoms with Gasteiger partial charge in [-0.05, 0) is 19.8 Å². The lowest BCUT2D eigenvalue weighted by molar-refractivity contribution is -0.158. The van der Waals surface area contributed by atoms with Crippen molar-refractivity contribution < 1.29 is 19.0 Å². The summed E-state index contributed by atoms with van der Waals surface area (Å²) >= 11 is 0. The van der Waals surface area contributed by atoms with Crippen LogP contribution in [0.15, 0.2) is 0 Å². The average molecular weight is 227 g/mol. The summed E-state index contributed by atoms with van der Waals surface area (Å²) in [5.41, 5.74) is -0.627. The van der Waals surface area contributed by atoms with Gasteiger partial charge in [0.15, 0.2) is 5.72 Å². The molecule has 5 heteroatoms. The van der Waals surface area contributed by atoms with E-state index in [9.17, 15) is 4.79 Å². The fourth-order valence-electron chi connectivity index (χ4n) is 3.39. The Morgan fingerprint density at radius 1 is 1.50 bits per heavy atom. The van der Waals surface area contributed by atoms with Crippen LogP contribution in [0.5, 0.6) is 0 Å². The summed E-state index contributed by atoms with van der Waals surface area (Å²) < 4.78 is 16.3. The van der Waals surface area contributed by atoms with Gasteiger partial charge in [-0.3, -0.25) is 10.1 Å². The van der Waals surface area contributed by atoms with Crippen LogP contribution in [0.1, 0.15) is 19.8 Å². The van der Waals surface area contributed by atoms with E-state index in [1.165, 1.54) is 0 Å². The van der Waals surface area contributed by atoms with Crippen LogP contribution >= 0.6 is 0 Å². The van der Waals surface area contributed by atoms with Gasteiger partial charge < -0.3 is 14.2 Å². The van der Waals surface area contributed by atoms with Crippen LogP contribution in [0.2, 0.25) is 0 Å². The van der Waals surface area contributed by atoms with E-state index in [1.807, 2.05) is 6.92 Å². The molecule has 3 aliphatic heterocycles. The molecular formula is C11H17NO4. The van der Waals surface area contributed by atoms with E-state index in [4.69, 9.17) is 14.2 Å². The van der Waals surface area contributed by atoms with Gasteiger partial charge >= 0.3 is 5.97 Å². The monoisotopic (exact) mass is 227 g/mol. The predicted molar refractivity (Wildman–Crippen MR) is 54.4 cm³/mol. The second-order valence-electron chi connectivity index (χ2n) is 4.98. The largest absolute Gasteiger partial charge is 0.443 e. The zero-order valence-corrected chi connectivity index (χ0v) is 9.56. The van der Waals surface area contributed by atoms with Crippen molar-refractivity contribution in [2.24, 2.45) is 11.8 Å². The Hall–Kier alpha value is -0.650. The highest BCUT2D eigenvalue weighted by molar-refractivity contribution is 5.77. The molecule has 0 aromatic heterocycles. The number of esters is 1. The SMILES string of the molecule is COCNC1(C)OC(=O)C2C1[C@H]1CC[C@@H]2O1. The lowest BCUT2D eigenvalue weighted by Gasteiger charge is -2.32. The standard InChI is InChI=1S/C11H17NO4/c1-11(12-5-14-2)9-7-4-3-6(15-7)8(9)10(13)16-11/h6-9,12H,3-5H2,1-2H3/t6-,7+,8?,9?,11?/m0/s1. The molecule has 16 heavy (non-hydrogen) atoms. The first-order chi connectivity index (χ1) is 7.65. The van der Waals surface area contributed by atoms with E-state index in [0.717, 1.165) is 12.8 Å². The van der Waals surface area contributed by atoms with Crippen molar-refractivity contribution >= 4 is 5.97 Å². The van der Waals surface area contributed by atoms with Gasteiger partial charge in [0.25, 0.3) is 0 Å². The fraction of sp³-hybridized carbons (Fsp3) is 0.909. The van der Waals surface area contributed by atoms with E-state index in [-0.39, 0.29) is 30.0 Å². The number of rotatable bonds is 3. The van der Waals surface area contributed by atoms with E-state index in [1.54, 1.807) is 7.11 Å². The number of carbonyl (C=O) groups is 1. The van der Waals surface area contributed by atoms with E-state index >= 15 is 0 Å². The highest BCUT2D eigenvalue weighted by Crippen LogP contribution is 2.52. The van der Waals surface area contributed by atoms with Crippen molar-refractivity contribution in [1.29, 1.82) is 0 Å². The third-order valence-corrected chi connectivity index (χ3v) is 4.06. The Bertz CT molecular complexity index is 321. The van der Waals surface area contributed by atoms with E-state index < -0.39 is 5.72 Å². The third kappa shape index (κ3) is 1.25. The molecule has 5 atom stereocenters. The molecule has 0 aromatic carbocycles. The van der Waals surface area contributed by atoms with Crippen molar-refractivity contribution in [3.8, 4) is 0 Å². The molecule has 0 aliphatic carbocycles. The second kappa shape index (κ2) is 3.42.